The number of unbranched alkanes of at least 4 members (excludes halogenated alkanes) is 15. The molecule has 0 spiro atoms. The predicted molar refractivity (Wildman–Crippen MR) is 228 cm³/mol. The molecule has 3 aromatic heterocycles. The number of phosphoric acid groups is 1. The lowest BCUT2D eigenvalue weighted by molar-refractivity contribution is -0.102. The molecule has 18 heteroatoms. The van der Waals surface area contributed by atoms with Gasteiger partial charge in [-0.05, 0) is 43.2 Å². The van der Waals surface area contributed by atoms with Crippen molar-refractivity contribution in [3.8, 4) is 11.8 Å². The first kappa shape index (κ1) is 48.2. The number of aliphatic hydroxyl groups is 2. The Morgan fingerprint density at radius 1 is 0.918 bits per heavy atom. The van der Waals surface area contributed by atoms with Gasteiger partial charge < -0.3 is 35.1 Å². The Kier molecular flexibility index (Phi) is 19.5. The number of nitrogen functional groups attached to an aromatic ring is 1. The van der Waals surface area contributed by atoms with E-state index in [4.69, 9.17) is 29.0 Å². The minimum absolute atomic E-state index is 0.0573. The number of aromatic nitrogens is 6. The lowest BCUT2D eigenvalue weighted by Gasteiger charge is -2.28. The molecule has 336 valence electrons. The number of nitriles is 1. The van der Waals surface area contributed by atoms with Crippen LogP contribution < -0.4 is 5.73 Å². The van der Waals surface area contributed by atoms with E-state index in [9.17, 15) is 24.9 Å². The van der Waals surface area contributed by atoms with E-state index in [1.807, 2.05) is 0 Å². The summed E-state index contributed by atoms with van der Waals surface area (Å²) in [4.78, 5) is 18.7. The smallest absolute Gasteiger partial charge is 0.387 e. The number of ether oxygens (including phenoxy) is 3. The van der Waals surface area contributed by atoms with Crippen LogP contribution in [0.4, 0.5) is 5.82 Å². The minimum atomic E-state index is -4.74. The Hall–Kier alpha value is -3.82. The van der Waals surface area contributed by atoms with Gasteiger partial charge in [0.1, 0.15) is 60.6 Å². The molecule has 0 amide bonds. The van der Waals surface area contributed by atoms with Crippen molar-refractivity contribution in [3.63, 3.8) is 0 Å². The van der Waals surface area contributed by atoms with Crippen molar-refractivity contribution in [2.75, 3.05) is 32.2 Å². The van der Waals surface area contributed by atoms with Crippen molar-refractivity contribution in [1.29, 1.82) is 5.26 Å². The van der Waals surface area contributed by atoms with Gasteiger partial charge in [-0.3, -0.25) is 9.05 Å². The summed E-state index contributed by atoms with van der Waals surface area (Å²) in [5, 5.41) is 40.0. The summed E-state index contributed by atoms with van der Waals surface area (Å²) >= 11 is 0. The van der Waals surface area contributed by atoms with Crippen LogP contribution in [0, 0.1) is 11.3 Å². The zero-order valence-electron chi connectivity index (χ0n) is 35.7. The molecule has 1 aliphatic heterocycles. The first-order valence-corrected chi connectivity index (χ1v) is 23.4. The molecule has 17 nitrogen and oxygen atoms in total. The number of rotatable bonds is 30. The molecule has 61 heavy (non-hydrogen) atoms. The minimum Gasteiger partial charge on any atom is -0.387 e. The van der Waals surface area contributed by atoms with E-state index >= 15 is 0 Å². The van der Waals surface area contributed by atoms with Crippen LogP contribution in [0.15, 0.2) is 49.3 Å². The Labute approximate surface area is 359 Å². The number of benzene rings is 1. The molecule has 0 aliphatic carbocycles. The monoisotopic (exact) mass is 868 g/mol. The van der Waals surface area contributed by atoms with Crippen molar-refractivity contribution in [2.24, 2.45) is 0 Å². The van der Waals surface area contributed by atoms with Gasteiger partial charge in [-0.2, -0.15) is 15.5 Å². The van der Waals surface area contributed by atoms with Crippen molar-refractivity contribution >= 4 is 19.2 Å². The van der Waals surface area contributed by atoms with Gasteiger partial charge in [0.05, 0.1) is 43.4 Å². The zero-order valence-corrected chi connectivity index (χ0v) is 36.6. The Morgan fingerprint density at radius 2 is 1.59 bits per heavy atom. The molecule has 5 N–H and O–H groups in total. The lowest BCUT2D eigenvalue weighted by Crippen LogP contribution is -2.44. The molecule has 4 heterocycles. The van der Waals surface area contributed by atoms with Gasteiger partial charge in [0, 0.05) is 6.61 Å². The molecule has 6 atom stereocenters. The van der Waals surface area contributed by atoms with Gasteiger partial charge in [0.15, 0.2) is 5.82 Å². The molecule has 0 saturated carbocycles. The van der Waals surface area contributed by atoms with E-state index in [0.29, 0.717) is 34.6 Å². The van der Waals surface area contributed by atoms with E-state index in [2.05, 4.69) is 33.2 Å². The van der Waals surface area contributed by atoms with Crippen molar-refractivity contribution in [2.45, 2.75) is 153 Å². The van der Waals surface area contributed by atoms with E-state index in [1.165, 1.54) is 119 Å². The van der Waals surface area contributed by atoms with Gasteiger partial charge >= 0.3 is 7.82 Å². The average molecular weight is 869 g/mol. The first-order chi connectivity index (χ1) is 29.5. The molecule has 5 rings (SSSR count). The maximum absolute atomic E-state index is 13.2. The fourth-order valence-corrected chi connectivity index (χ4v) is 8.39. The maximum atomic E-state index is 13.2. The number of fused-ring (bicyclic) bond motifs is 1. The topological polar surface area (TPSA) is 235 Å². The van der Waals surface area contributed by atoms with Gasteiger partial charge in [0.2, 0.25) is 0 Å². The summed E-state index contributed by atoms with van der Waals surface area (Å²) in [7, 11) is -4.74. The van der Waals surface area contributed by atoms with Crippen LogP contribution in [0.5, 0.6) is 0 Å². The number of aliphatic hydroxyl groups excluding tert-OH is 2. The van der Waals surface area contributed by atoms with E-state index in [-0.39, 0.29) is 25.6 Å². The molecule has 1 aliphatic rings. The third-order valence-corrected chi connectivity index (χ3v) is 12.1. The number of phosphoric ester groups is 1. The highest BCUT2D eigenvalue weighted by molar-refractivity contribution is 7.47. The molecular weight excluding hydrogens is 803 g/mol. The van der Waals surface area contributed by atoms with Gasteiger partial charge in [0.25, 0.3) is 0 Å². The van der Waals surface area contributed by atoms with Crippen LogP contribution in [0.25, 0.3) is 11.2 Å². The van der Waals surface area contributed by atoms with E-state index < -0.39 is 44.4 Å². The predicted octanol–water partition coefficient (Wildman–Crippen LogP) is 7.31. The summed E-state index contributed by atoms with van der Waals surface area (Å²) in [5.41, 5.74) is 6.85. The molecule has 4 aromatic rings. The van der Waals surface area contributed by atoms with Gasteiger partial charge in [-0.15, -0.1) is 0 Å². The number of hydrogen-bond acceptors (Lipinski definition) is 14. The molecule has 0 radical (unpaired) electrons. The Balaban J connectivity index is 1.06. The largest absolute Gasteiger partial charge is 0.472 e. The second-order valence-electron chi connectivity index (χ2n) is 16.1. The molecule has 1 saturated heterocycles. The first-order valence-electron chi connectivity index (χ1n) is 21.9. The maximum Gasteiger partial charge on any atom is 0.472 e. The third-order valence-electron chi connectivity index (χ3n) is 11.2. The lowest BCUT2D eigenvalue weighted by atomic mass is 9.97. The van der Waals surface area contributed by atoms with Gasteiger partial charge in [-0.1, -0.05) is 109 Å². The third kappa shape index (κ3) is 14.6. The highest BCUT2D eigenvalue weighted by Crippen LogP contribution is 2.47. The Bertz CT molecular complexity index is 1980. The second-order valence-corrected chi connectivity index (χ2v) is 17.6. The van der Waals surface area contributed by atoms with Crippen molar-refractivity contribution in [3.05, 3.63) is 66.1 Å². The van der Waals surface area contributed by atoms with Crippen molar-refractivity contribution < 1.29 is 42.9 Å². The average Bonchev–Trinajstić information content (AvgIpc) is 4.01. The van der Waals surface area contributed by atoms with Crippen molar-refractivity contribution in [1.82, 2.24) is 29.4 Å². The summed E-state index contributed by atoms with van der Waals surface area (Å²) in [6.45, 7) is 3.39. The summed E-state index contributed by atoms with van der Waals surface area (Å²) in [5.74, 6) is 0.222. The van der Waals surface area contributed by atoms with Crippen LogP contribution >= 0.6 is 7.82 Å². The second kappa shape index (κ2) is 24.7. The van der Waals surface area contributed by atoms with E-state index in [0.717, 1.165) is 19.3 Å². The number of nitrogens with two attached hydrogens (primary N) is 1. The normalized spacial score (nSPS) is 20.6. The van der Waals surface area contributed by atoms with Crippen LogP contribution in [0.1, 0.15) is 140 Å². The van der Waals surface area contributed by atoms with Gasteiger partial charge in [-0.25, -0.2) is 23.7 Å². The number of anilines is 1. The number of hydrogen-bond donors (Lipinski definition) is 4. The van der Waals surface area contributed by atoms with Crippen LogP contribution in [0.3, 0.4) is 0 Å². The highest BCUT2D eigenvalue weighted by Gasteiger charge is 2.53. The van der Waals surface area contributed by atoms with E-state index in [1.54, 1.807) is 30.3 Å². The molecule has 0 bridgehead atoms. The summed E-state index contributed by atoms with van der Waals surface area (Å²) in [6, 6.07) is 10.7. The number of nitrogens with zero attached hydrogens (tertiary/aromatic N) is 7. The van der Waals surface area contributed by atoms with Crippen LogP contribution in [-0.4, -0.2) is 94.8 Å². The SMILES string of the molecule is CCCCCCCCCCCCCCCCCCOC[C@H](COP(=O)(O)OC[C@@]1(C)O[C@@H](c2ccc3c(N)ncnn23)[C@H](O)[C@@H]1O)OCc1ccc(-n2cncn2)c(C#N)c1. The van der Waals surface area contributed by atoms with Crippen LogP contribution in [0.2, 0.25) is 0 Å². The molecule has 1 unspecified atom stereocenters. The standard InChI is InChI=1S/C43H65N8O9P/c1-3-4-5-6-7-8-9-10-11-12-13-14-15-16-17-18-23-56-27-35(57-26-33-19-20-36(34(24-33)25-44)50-32-46-30-48-50)28-58-61(54,55)59-29-43(2)41(53)39(52)40(60-43)37-21-22-38-42(45)47-31-49-51(37)38/h19-22,24,30-32,35,39-41,52-53H,3-18,23,26-29H2,1-2H3,(H,54,55)(H2,45,47,49)/t35-,39+,40+,41+,43-/m1/s1. The molecule has 1 aromatic carbocycles. The zero-order chi connectivity index (χ0) is 43.5. The summed E-state index contributed by atoms with van der Waals surface area (Å²) in [6.07, 6.45) is 19.8. The molecular formula is C43H65N8O9P. The fourth-order valence-electron chi connectivity index (χ4n) is 7.54. The highest BCUT2D eigenvalue weighted by atomic mass is 31.2. The summed E-state index contributed by atoms with van der Waals surface area (Å²) < 4.78 is 45.0. The quantitative estimate of drug-likeness (QED) is 0.0297. The van der Waals surface area contributed by atoms with Crippen LogP contribution in [-0.2, 0) is 34.4 Å². The Morgan fingerprint density at radius 3 is 2.23 bits per heavy atom. The molecule has 1 fully saturated rings. The fraction of sp³-hybridized carbons (Fsp3) is 0.651.